The van der Waals surface area contributed by atoms with E-state index in [9.17, 15) is 0 Å². The highest BCUT2D eigenvalue weighted by Crippen LogP contribution is 2.37. The number of nitrogens with one attached hydrogen (secondary N) is 1. The van der Waals surface area contributed by atoms with E-state index in [0.29, 0.717) is 6.04 Å². The number of nitrogens with zero attached hydrogens (tertiary/aromatic N) is 3. The fourth-order valence-electron chi connectivity index (χ4n) is 4.01. The molecule has 2 aliphatic rings. The zero-order valence-corrected chi connectivity index (χ0v) is 14.4. The molecule has 4 rings (SSSR count). The van der Waals surface area contributed by atoms with Crippen molar-refractivity contribution in [2.75, 3.05) is 25.5 Å². The van der Waals surface area contributed by atoms with Crippen molar-refractivity contribution in [3.8, 4) is 5.69 Å². The second-order valence-electron chi connectivity index (χ2n) is 7.08. The molecule has 0 saturated carbocycles. The molecule has 122 valence electrons. The molecule has 2 aromatic rings. The molecule has 4 nitrogen and oxygen atoms in total. The van der Waals surface area contributed by atoms with E-state index in [0.717, 1.165) is 13.0 Å². The van der Waals surface area contributed by atoms with E-state index in [1.807, 2.05) is 0 Å². The Morgan fingerprint density at radius 3 is 2.91 bits per heavy atom. The van der Waals surface area contributed by atoms with Gasteiger partial charge in [0.25, 0.3) is 0 Å². The molecule has 23 heavy (non-hydrogen) atoms. The van der Waals surface area contributed by atoms with Crippen LogP contribution < -0.4 is 5.32 Å². The maximum atomic E-state index is 5.09. The highest BCUT2D eigenvalue weighted by atomic mass is 15.4. The molecule has 1 aromatic heterocycles. The first-order chi connectivity index (χ1) is 11.1. The van der Waals surface area contributed by atoms with Crippen molar-refractivity contribution >= 4 is 5.82 Å². The van der Waals surface area contributed by atoms with E-state index >= 15 is 0 Å². The fourth-order valence-corrected chi connectivity index (χ4v) is 4.01. The number of aryl methyl sites for hydroxylation is 2. The molecule has 0 aliphatic carbocycles. The summed E-state index contributed by atoms with van der Waals surface area (Å²) in [4.78, 5) is 2.48. The van der Waals surface area contributed by atoms with E-state index in [2.05, 4.69) is 54.0 Å². The van der Waals surface area contributed by atoms with Gasteiger partial charge in [0.1, 0.15) is 5.82 Å². The lowest BCUT2D eigenvalue weighted by molar-refractivity contribution is 0.182. The second kappa shape index (κ2) is 5.68. The van der Waals surface area contributed by atoms with Gasteiger partial charge in [-0.15, -0.1) is 0 Å². The average Bonchev–Trinajstić information content (AvgIpc) is 3.13. The van der Waals surface area contributed by atoms with Gasteiger partial charge in [-0.1, -0.05) is 18.6 Å². The summed E-state index contributed by atoms with van der Waals surface area (Å²) >= 11 is 0. The van der Waals surface area contributed by atoms with Crippen LogP contribution in [0.1, 0.15) is 47.7 Å². The molecule has 4 heteroatoms. The van der Waals surface area contributed by atoms with Gasteiger partial charge >= 0.3 is 0 Å². The number of rotatable bonds is 2. The lowest BCUT2D eigenvalue weighted by atomic mass is 9.97. The van der Waals surface area contributed by atoms with Crippen LogP contribution in [0, 0.1) is 13.8 Å². The van der Waals surface area contributed by atoms with Crippen LogP contribution in [0.15, 0.2) is 18.2 Å². The molecule has 1 N–H and O–H groups in total. The molecule has 1 fully saturated rings. The summed E-state index contributed by atoms with van der Waals surface area (Å²) in [5.41, 5.74) is 6.50. The maximum Gasteiger partial charge on any atom is 0.133 e. The van der Waals surface area contributed by atoms with E-state index in [1.165, 1.54) is 59.7 Å². The van der Waals surface area contributed by atoms with E-state index in [4.69, 9.17) is 5.10 Å². The van der Waals surface area contributed by atoms with Crippen LogP contribution in [-0.4, -0.2) is 34.8 Å². The minimum absolute atomic E-state index is 0.476. The van der Waals surface area contributed by atoms with Gasteiger partial charge in [0.2, 0.25) is 0 Å². The molecule has 1 saturated heterocycles. The topological polar surface area (TPSA) is 33.1 Å². The first-order valence-corrected chi connectivity index (χ1v) is 8.78. The molecule has 3 heterocycles. The van der Waals surface area contributed by atoms with Gasteiger partial charge in [-0.25, -0.2) is 4.68 Å². The van der Waals surface area contributed by atoms with Crippen molar-refractivity contribution in [3.05, 3.63) is 40.6 Å². The third-order valence-electron chi connectivity index (χ3n) is 5.36. The first-order valence-electron chi connectivity index (χ1n) is 8.78. The van der Waals surface area contributed by atoms with Gasteiger partial charge < -0.3 is 5.32 Å². The normalized spacial score (nSPS) is 21.3. The number of aromatic nitrogens is 2. The molecule has 0 bridgehead atoms. The van der Waals surface area contributed by atoms with E-state index < -0.39 is 0 Å². The Kier molecular flexibility index (Phi) is 3.64. The van der Waals surface area contributed by atoms with Crippen molar-refractivity contribution in [3.63, 3.8) is 0 Å². The number of fused-ring (bicyclic) bond motifs is 1. The first kappa shape index (κ1) is 14.8. The molecule has 0 spiro atoms. The molecule has 2 aliphatic heterocycles. The van der Waals surface area contributed by atoms with Crippen molar-refractivity contribution in [2.24, 2.45) is 0 Å². The minimum Gasteiger partial charge on any atom is -0.369 e. The Morgan fingerprint density at radius 2 is 2.09 bits per heavy atom. The Balaban J connectivity index is 1.83. The largest absolute Gasteiger partial charge is 0.369 e. The van der Waals surface area contributed by atoms with Crippen molar-refractivity contribution in [1.82, 2.24) is 14.7 Å². The molecule has 1 unspecified atom stereocenters. The summed E-state index contributed by atoms with van der Waals surface area (Å²) < 4.78 is 2.16. The number of piperidine rings is 1. The number of benzene rings is 1. The van der Waals surface area contributed by atoms with E-state index in [-0.39, 0.29) is 0 Å². The van der Waals surface area contributed by atoms with Gasteiger partial charge in [-0.2, -0.15) is 5.10 Å². The Hall–Kier alpha value is -1.81. The lowest BCUT2D eigenvalue weighted by Gasteiger charge is -2.31. The SMILES string of the molecule is Cc1ccc(C)c(-n2nc(C3CCCCN3C)c3c2NCC3)c1. The number of anilines is 1. The molecular formula is C19H26N4. The fraction of sp³-hybridized carbons (Fsp3) is 0.526. The maximum absolute atomic E-state index is 5.09. The van der Waals surface area contributed by atoms with Crippen molar-refractivity contribution < 1.29 is 0 Å². The zero-order chi connectivity index (χ0) is 16.0. The van der Waals surface area contributed by atoms with Gasteiger partial charge in [-0.05, 0) is 63.9 Å². The predicted molar refractivity (Wildman–Crippen MR) is 94.5 cm³/mol. The van der Waals surface area contributed by atoms with Gasteiger partial charge in [0.05, 0.1) is 17.4 Å². The van der Waals surface area contributed by atoms with Crippen LogP contribution in [0.25, 0.3) is 5.69 Å². The highest BCUT2D eigenvalue weighted by Gasteiger charge is 2.31. The van der Waals surface area contributed by atoms with Gasteiger partial charge in [0.15, 0.2) is 0 Å². The van der Waals surface area contributed by atoms with E-state index in [1.54, 1.807) is 0 Å². The van der Waals surface area contributed by atoms with Crippen molar-refractivity contribution in [1.29, 1.82) is 0 Å². The van der Waals surface area contributed by atoms with Crippen LogP contribution in [0.3, 0.4) is 0 Å². The summed E-state index contributed by atoms with van der Waals surface area (Å²) in [6, 6.07) is 7.09. The Morgan fingerprint density at radius 1 is 1.22 bits per heavy atom. The van der Waals surface area contributed by atoms with Crippen LogP contribution >= 0.6 is 0 Å². The molecular weight excluding hydrogens is 284 g/mol. The standard InChI is InChI=1S/C19H26N4/c1-13-7-8-14(2)17(12-13)23-19-15(9-10-20-19)18(21-23)16-6-4-5-11-22(16)3/h7-8,12,16,20H,4-6,9-11H2,1-3H3. The molecule has 0 amide bonds. The predicted octanol–water partition coefficient (Wildman–Crippen LogP) is 3.61. The zero-order valence-electron chi connectivity index (χ0n) is 14.4. The highest BCUT2D eigenvalue weighted by molar-refractivity contribution is 5.59. The van der Waals surface area contributed by atoms with Crippen LogP contribution in [0.5, 0.6) is 0 Å². The number of hydrogen-bond donors (Lipinski definition) is 1. The lowest BCUT2D eigenvalue weighted by Crippen LogP contribution is -2.30. The molecule has 0 radical (unpaired) electrons. The number of hydrogen-bond acceptors (Lipinski definition) is 3. The molecule has 1 atom stereocenters. The van der Waals surface area contributed by atoms with Gasteiger partial charge in [-0.3, -0.25) is 4.90 Å². The smallest absolute Gasteiger partial charge is 0.133 e. The van der Waals surface area contributed by atoms with Gasteiger partial charge in [0, 0.05) is 12.1 Å². The van der Waals surface area contributed by atoms with Crippen LogP contribution in [-0.2, 0) is 6.42 Å². The summed E-state index contributed by atoms with van der Waals surface area (Å²) in [5.74, 6) is 1.22. The third-order valence-corrected chi connectivity index (χ3v) is 5.36. The second-order valence-corrected chi connectivity index (χ2v) is 7.08. The minimum atomic E-state index is 0.476. The van der Waals surface area contributed by atoms with Crippen molar-refractivity contribution in [2.45, 2.75) is 45.6 Å². The summed E-state index contributed by atoms with van der Waals surface area (Å²) in [5, 5.41) is 8.66. The average molecular weight is 310 g/mol. The summed E-state index contributed by atoms with van der Waals surface area (Å²) in [6.07, 6.45) is 4.95. The quantitative estimate of drug-likeness (QED) is 0.920. The molecule has 1 aromatic carbocycles. The summed E-state index contributed by atoms with van der Waals surface area (Å²) in [6.45, 7) is 6.53. The monoisotopic (exact) mass is 310 g/mol. The Bertz CT molecular complexity index is 731. The Labute approximate surface area is 138 Å². The number of likely N-dealkylation sites (tertiary alicyclic amines) is 1. The van der Waals surface area contributed by atoms with Crippen LogP contribution in [0.4, 0.5) is 5.82 Å². The third kappa shape index (κ3) is 2.45. The summed E-state index contributed by atoms with van der Waals surface area (Å²) in [7, 11) is 2.25. The van der Waals surface area contributed by atoms with Crippen LogP contribution in [0.2, 0.25) is 0 Å².